The molecule has 0 spiro atoms. The van der Waals surface area contributed by atoms with Crippen LogP contribution in [-0.4, -0.2) is 67.1 Å². The third-order valence-corrected chi connectivity index (χ3v) is 4.47. The van der Waals surface area contributed by atoms with Crippen LogP contribution in [-0.2, 0) is 4.79 Å². The summed E-state index contributed by atoms with van der Waals surface area (Å²) in [5.41, 5.74) is 0. The lowest BCUT2D eigenvalue weighted by Crippen LogP contribution is -2.72. The van der Waals surface area contributed by atoms with Crippen LogP contribution in [0.5, 0.6) is 0 Å². The Bertz CT molecular complexity index is 269. The van der Waals surface area contributed by atoms with Gasteiger partial charge >= 0.3 is 0 Å². The molecule has 3 aliphatic heterocycles. The normalized spacial score (nSPS) is 33.8. The average Bonchev–Trinajstić information content (AvgIpc) is 2.37. The molecule has 0 saturated carbocycles. The molecule has 0 unspecified atom stereocenters. The number of fused-ring (bicyclic) bond motifs is 3. The van der Waals surface area contributed by atoms with Gasteiger partial charge in [0.2, 0.25) is 0 Å². The Morgan fingerprint density at radius 3 is 2.18 bits per heavy atom. The molecule has 0 radical (unpaired) electrons. The lowest BCUT2D eigenvalue weighted by Gasteiger charge is -2.53. The molecule has 3 saturated heterocycles. The lowest BCUT2D eigenvalue weighted by atomic mass is 10.1. The van der Waals surface area contributed by atoms with Crippen LogP contribution < -0.4 is 5.32 Å². The highest BCUT2D eigenvalue weighted by atomic mass is 16.2. The molecule has 0 aromatic rings. The quantitative estimate of drug-likeness (QED) is 0.717. The molecule has 1 amide bonds. The van der Waals surface area contributed by atoms with E-state index in [1.165, 1.54) is 19.6 Å². The van der Waals surface area contributed by atoms with E-state index >= 15 is 0 Å². The van der Waals surface area contributed by atoms with Crippen molar-refractivity contribution in [3.63, 3.8) is 0 Å². The molecule has 0 aliphatic carbocycles. The number of quaternary nitrogens is 1. The number of amides is 1. The summed E-state index contributed by atoms with van der Waals surface area (Å²) in [6.45, 7) is 14.1. The number of nitrogens with zero attached hydrogens (tertiary/aromatic N) is 2. The van der Waals surface area contributed by atoms with Crippen molar-refractivity contribution in [2.75, 3.05) is 45.8 Å². The molecular formula is C13H26N3O+. The zero-order valence-electron chi connectivity index (χ0n) is 11.4. The minimum atomic E-state index is 0.121. The third-order valence-electron chi connectivity index (χ3n) is 4.47. The van der Waals surface area contributed by atoms with Crippen molar-refractivity contribution < 1.29 is 9.28 Å². The van der Waals surface area contributed by atoms with Crippen LogP contribution in [0.4, 0.5) is 0 Å². The topological polar surface area (TPSA) is 32.3 Å². The van der Waals surface area contributed by atoms with E-state index in [0.29, 0.717) is 5.92 Å². The minimum absolute atomic E-state index is 0.121. The Kier molecular flexibility index (Phi) is 3.73. The highest BCUT2D eigenvalue weighted by Gasteiger charge is 2.44. The fourth-order valence-electron chi connectivity index (χ4n) is 2.97. The van der Waals surface area contributed by atoms with E-state index in [9.17, 15) is 4.79 Å². The largest absolute Gasteiger partial charge is 0.351 e. The van der Waals surface area contributed by atoms with Gasteiger partial charge in [0.05, 0.1) is 19.6 Å². The first-order chi connectivity index (χ1) is 8.03. The first-order valence-corrected chi connectivity index (χ1v) is 6.89. The molecule has 17 heavy (non-hydrogen) atoms. The highest BCUT2D eigenvalue weighted by Crippen LogP contribution is 2.23. The molecule has 1 atom stereocenters. The predicted molar refractivity (Wildman–Crippen MR) is 68.6 cm³/mol. The van der Waals surface area contributed by atoms with Gasteiger partial charge in [0.15, 0.2) is 6.04 Å². The molecule has 3 rings (SSSR count). The van der Waals surface area contributed by atoms with Crippen LogP contribution in [0.15, 0.2) is 0 Å². The Labute approximate surface area is 105 Å². The predicted octanol–water partition coefficient (Wildman–Crippen LogP) is 0.293. The Morgan fingerprint density at radius 1 is 1.18 bits per heavy atom. The summed E-state index contributed by atoms with van der Waals surface area (Å²) in [6, 6.07) is 0.121. The number of hydrogen-bond donors (Lipinski definition) is 1. The molecule has 3 fully saturated rings. The maximum absolute atomic E-state index is 12.2. The molecule has 2 bridgehead atoms. The zero-order valence-corrected chi connectivity index (χ0v) is 11.4. The number of carbonyl (C=O) groups excluding carboxylic acids is 1. The minimum Gasteiger partial charge on any atom is -0.351 e. The summed E-state index contributed by atoms with van der Waals surface area (Å²) >= 11 is 0. The molecule has 1 N–H and O–H groups in total. The van der Waals surface area contributed by atoms with Crippen molar-refractivity contribution in [3.05, 3.63) is 0 Å². The van der Waals surface area contributed by atoms with Crippen LogP contribution in [0.2, 0.25) is 0 Å². The summed E-state index contributed by atoms with van der Waals surface area (Å²) < 4.78 is 1.01. The number of nitrogens with one attached hydrogen (secondary N) is 1. The van der Waals surface area contributed by atoms with Crippen molar-refractivity contribution in [3.8, 4) is 0 Å². The van der Waals surface area contributed by atoms with E-state index in [1.807, 2.05) is 0 Å². The number of piperazine rings is 3. The fourth-order valence-corrected chi connectivity index (χ4v) is 2.97. The molecule has 3 heterocycles. The summed E-state index contributed by atoms with van der Waals surface area (Å²) in [5.74, 6) is 0.776. The van der Waals surface area contributed by atoms with Gasteiger partial charge in [-0.1, -0.05) is 13.8 Å². The molecule has 98 valence electrons. The van der Waals surface area contributed by atoms with E-state index in [2.05, 4.69) is 31.0 Å². The van der Waals surface area contributed by atoms with Crippen LogP contribution in [0.3, 0.4) is 0 Å². The zero-order chi connectivity index (χ0) is 12.5. The number of carbonyl (C=O) groups is 1. The van der Waals surface area contributed by atoms with E-state index in [0.717, 1.165) is 30.7 Å². The first kappa shape index (κ1) is 12.8. The van der Waals surface area contributed by atoms with Crippen molar-refractivity contribution in [1.29, 1.82) is 0 Å². The second-order valence-electron chi connectivity index (χ2n) is 6.05. The third kappa shape index (κ3) is 2.63. The molecule has 0 aromatic carbocycles. The second-order valence-corrected chi connectivity index (χ2v) is 6.05. The van der Waals surface area contributed by atoms with Gasteiger partial charge in [-0.25, -0.2) is 0 Å². The van der Waals surface area contributed by atoms with Gasteiger partial charge in [-0.2, -0.15) is 0 Å². The first-order valence-electron chi connectivity index (χ1n) is 6.89. The van der Waals surface area contributed by atoms with E-state index in [-0.39, 0.29) is 11.9 Å². The lowest BCUT2D eigenvalue weighted by molar-refractivity contribution is -0.953. The van der Waals surface area contributed by atoms with Crippen LogP contribution in [0.25, 0.3) is 0 Å². The van der Waals surface area contributed by atoms with Gasteiger partial charge < -0.3 is 9.80 Å². The van der Waals surface area contributed by atoms with Gasteiger partial charge in [-0.15, -0.1) is 0 Å². The molecule has 0 aromatic heterocycles. The summed E-state index contributed by atoms with van der Waals surface area (Å²) in [4.78, 5) is 14.7. The van der Waals surface area contributed by atoms with Crippen molar-refractivity contribution in [1.82, 2.24) is 10.2 Å². The Hall–Kier alpha value is -0.610. The molecular weight excluding hydrogens is 214 g/mol. The van der Waals surface area contributed by atoms with Gasteiger partial charge in [-0.3, -0.25) is 9.69 Å². The van der Waals surface area contributed by atoms with Gasteiger partial charge in [0.25, 0.3) is 5.91 Å². The van der Waals surface area contributed by atoms with E-state index in [1.54, 1.807) is 0 Å². The highest BCUT2D eigenvalue weighted by molar-refractivity contribution is 5.80. The number of rotatable bonds is 4. The summed E-state index contributed by atoms with van der Waals surface area (Å²) in [5, 5.41) is 3.09. The SMILES string of the molecule is CC(C)CNC(=O)[C@H](C)[N+]12CCN(CC1)CC2. The van der Waals surface area contributed by atoms with Crippen molar-refractivity contribution in [2.45, 2.75) is 26.8 Å². The fraction of sp³-hybridized carbons (Fsp3) is 0.923. The van der Waals surface area contributed by atoms with Crippen LogP contribution in [0, 0.1) is 5.92 Å². The van der Waals surface area contributed by atoms with Crippen molar-refractivity contribution in [2.24, 2.45) is 5.92 Å². The Balaban J connectivity index is 1.93. The van der Waals surface area contributed by atoms with Crippen LogP contribution >= 0.6 is 0 Å². The van der Waals surface area contributed by atoms with Gasteiger partial charge in [-0.05, 0) is 12.8 Å². The second kappa shape index (κ2) is 4.94. The number of hydrogen-bond acceptors (Lipinski definition) is 2. The van der Waals surface area contributed by atoms with E-state index in [4.69, 9.17) is 0 Å². The average molecular weight is 240 g/mol. The van der Waals surface area contributed by atoms with Gasteiger partial charge in [0, 0.05) is 26.2 Å². The molecule has 3 aliphatic rings. The smallest absolute Gasteiger partial charge is 0.278 e. The summed E-state index contributed by atoms with van der Waals surface area (Å²) in [7, 11) is 0. The van der Waals surface area contributed by atoms with Crippen LogP contribution in [0.1, 0.15) is 20.8 Å². The maximum Gasteiger partial charge on any atom is 0.278 e. The Morgan fingerprint density at radius 2 is 1.71 bits per heavy atom. The van der Waals surface area contributed by atoms with E-state index < -0.39 is 0 Å². The molecule has 4 nitrogen and oxygen atoms in total. The molecule has 4 heteroatoms. The summed E-state index contributed by atoms with van der Waals surface area (Å²) in [6.07, 6.45) is 0. The maximum atomic E-state index is 12.2. The monoisotopic (exact) mass is 240 g/mol. The van der Waals surface area contributed by atoms with Crippen molar-refractivity contribution >= 4 is 5.91 Å². The van der Waals surface area contributed by atoms with Gasteiger partial charge in [0.1, 0.15) is 0 Å². The standard InChI is InChI=1S/C13H25N3O/c1-11(2)10-14-13(17)12(3)16-7-4-15(5-8-16)6-9-16/h11-12H,4-10H2,1-3H3/p+1/t12-/m0/s1.